The van der Waals surface area contributed by atoms with Gasteiger partial charge in [-0.25, -0.2) is 0 Å². The van der Waals surface area contributed by atoms with Gasteiger partial charge in [-0.05, 0) is 26.3 Å². The van der Waals surface area contributed by atoms with Gasteiger partial charge in [0.05, 0.1) is 6.10 Å². The van der Waals surface area contributed by atoms with Crippen LogP contribution in [0.25, 0.3) is 0 Å². The molecule has 3 nitrogen and oxygen atoms in total. The maximum absolute atomic E-state index is 5.87. The molecule has 0 saturated carbocycles. The molecule has 13 heavy (non-hydrogen) atoms. The maximum Gasteiger partial charge on any atom is 0.0702 e. The van der Waals surface area contributed by atoms with E-state index < -0.39 is 0 Å². The van der Waals surface area contributed by atoms with Gasteiger partial charge in [-0.1, -0.05) is 6.92 Å². The minimum absolute atomic E-state index is 0.311. The number of nitrogens with two attached hydrogens (primary N) is 1. The molecule has 0 aromatic heterocycles. The molecular weight excluding hydrogens is 164 g/mol. The normalized spacial score (nSPS) is 25.4. The molecule has 1 aliphatic rings. The summed E-state index contributed by atoms with van der Waals surface area (Å²) in [6.07, 6.45) is 3.94. The molecule has 1 rings (SSSR count). The molecule has 2 atom stereocenters. The summed E-state index contributed by atoms with van der Waals surface area (Å²) in [6.45, 7) is 5.09. The Balaban J connectivity index is 2.12. The Hall–Kier alpha value is -0.120. The van der Waals surface area contributed by atoms with Gasteiger partial charge >= 0.3 is 0 Å². The van der Waals surface area contributed by atoms with E-state index in [1.165, 1.54) is 12.8 Å². The molecule has 1 saturated heterocycles. The van der Waals surface area contributed by atoms with Crippen LogP contribution in [0.15, 0.2) is 0 Å². The summed E-state index contributed by atoms with van der Waals surface area (Å²) in [5.74, 6) is 0. The van der Waals surface area contributed by atoms with E-state index in [4.69, 9.17) is 10.5 Å². The topological polar surface area (TPSA) is 38.5 Å². The van der Waals surface area contributed by atoms with Crippen LogP contribution >= 0.6 is 0 Å². The Kier molecular flexibility index (Phi) is 4.70. The molecule has 1 fully saturated rings. The molecule has 0 amide bonds. The highest BCUT2D eigenvalue weighted by atomic mass is 16.5. The van der Waals surface area contributed by atoms with E-state index in [0.717, 1.165) is 26.1 Å². The highest BCUT2D eigenvalue weighted by Gasteiger charge is 2.17. The summed E-state index contributed by atoms with van der Waals surface area (Å²) in [4.78, 5) is 2.28. The third-order valence-electron chi connectivity index (χ3n) is 2.61. The SMILES string of the molecule is CCC(N)CN(C)CC1CCCO1. The van der Waals surface area contributed by atoms with Crippen LogP contribution in [0.2, 0.25) is 0 Å². The first-order valence-electron chi connectivity index (χ1n) is 5.28. The number of hydrogen-bond donors (Lipinski definition) is 1. The second-order valence-electron chi connectivity index (χ2n) is 4.02. The lowest BCUT2D eigenvalue weighted by atomic mass is 10.2. The summed E-state index contributed by atoms with van der Waals surface area (Å²) in [6, 6.07) is 0.311. The van der Waals surface area contributed by atoms with Crippen molar-refractivity contribution in [3.63, 3.8) is 0 Å². The molecule has 0 aromatic carbocycles. The standard InChI is InChI=1S/C10H22N2O/c1-3-9(11)7-12(2)8-10-5-4-6-13-10/h9-10H,3-8,11H2,1-2H3. The van der Waals surface area contributed by atoms with Crippen LogP contribution in [0.5, 0.6) is 0 Å². The quantitative estimate of drug-likeness (QED) is 0.691. The van der Waals surface area contributed by atoms with Crippen molar-refractivity contribution in [3.05, 3.63) is 0 Å². The maximum atomic E-state index is 5.87. The molecule has 0 bridgehead atoms. The fourth-order valence-electron chi connectivity index (χ4n) is 1.74. The predicted molar refractivity (Wildman–Crippen MR) is 54.7 cm³/mol. The van der Waals surface area contributed by atoms with Gasteiger partial charge in [0.25, 0.3) is 0 Å². The molecule has 1 heterocycles. The van der Waals surface area contributed by atoms with Gasteiger partial charge in [0.2, 0.25) is 0 Å². The summed E-state index contributed by atoms with van der Waals surface area (Å²) in [7, 11) is 2.12. The first-order valence-corrected chi connectivity index (χ1v) is 5.28. The Morgan fingerprint density at radius 2 is 2.38 bits per heavy atom. The van der Waals surface area contributed by atoms with Crippen molar-refractivity contribution in [2.75, 3.05) is 26.7 Å². The minimum atomic E-state index is 0.311. The fourth-order valence-corrected chi connectivity index (χ4v) is 1.74. The number of ether oxygens (including phenoxy) is 1. The number of nitrogens with zero attached hydrogens (tertiary/aromatic N) is 1. The van der Waals surface area contributed by atoms with E-state index >= 15 is 0 Å². The van der Waals surface area contributed by atoms with E-state index in [0.29, 0.717) is 12.1 Å². The summed E-state index contributed by atoms with van der Waals surface area (Å²) in [5.41, 5.74) is 5.87. The van der Waals surface area contributed by atoms with Crippen LogP contribution in [0, 0.1) is 0 Å². The number of rotatable bonds is 5. The van der Waals surface area contributed by atoms with Gasteiger partial charge in [-0.3, -0.25) is 0 Å². The molecule has 1 aliphatic heterocycles. The summed E-state index contributed by atoms with van der Waals surface area (Å²) < 4.78 is 5.56. The Morgan fingerprint density at radius 3 is 2.92 bits per heavy atom. The minimum Gasteiger partial charge on any atom is -0.377 e. The van der Waals surface area contributed by atoms with Crippen LogP contribution in [0.4, 0.5) is 0 Å². The molecule has 0 aliphatic carbocycles. The van der Waals surface area contributed by atoms with Gasteiger partial charge in [-0.15, -0.1) is 0 Å². The average molecular weight is 186 g/mol. The van der Waals surface area contributed by atoms with Crippen molar-refractivity contribution < 1.29 is 4.74 Å². The molecule has 3 heteroatoms. The van der Waals surface area contributed by atoms with Crippen molar-refractivity contribution in [1.29, 1.82) is 0 Å². The summed E-state index contributed by atoms with van der Waals surface area (Å²) in [5, 5.41) is 0. The van der Waals surface area contributed by atoms with E-state index in [2.05, 4.69) is 18.9 Å². The van der Waals surface area contributed by atoms with Gasteiger partial charge < -0.3 is 15.4 Å². The van der Waals surface area contributed by atoms with Gasteiger partial charge in [0.1, 0.15) is 0 Å². The van der Waals surface area contributed by atoms with Crippen molar-refractivity contribution >= 4 is 0 Å². The van der Waals surface area contributed by atoms with Gasteiger partial charge in [-0.2, -0.15) is 0 Å². The first-order chi connectivity index (χ1) is 6.22. The Labute approximate surface area is 81.2 Å². The second kappa shape index (κ2) is 5.58. The van der Waals surface area contributed by atoms with Crippen LogP contribution in [-0.4, -0.2) is 43.8 Å². The Morgan fingerprint density at radius 1 is 1.62 bits per heavy atom. The largest absolute Gasteiger partial charge is 0.377 e. The van der Waals surface area contributed by atoms with E-state index in [-0.39, 0.29) is 0 Å². The van der Waals surface area contributed by atoms with E-state index in [1.807, 2.05) is 0 Å². The zero-order chi connectivity index (χ0) is 9.68. The van der Waals surface area contributed by atoms with Crippen molar-refractivity contribution in [3.8, 4) is 0 Å². The highest BCUT2D eigenvalue weighted by molar-refractivity contribution is 4.71. The van der Waals surface area contributed by atoms with Gasteiger partial charge in [0.15, 0.2) is 0 Å². The molecule has 0 radical (unpaired) electrons. The summed E-state index contributed by atoms with van der Waals surface area (Å²) >= 11 is 0. The monoisotopic (exact) mass is 186 g/mol. The second-order valence-corrected chi connectivity index (χ2v) is 4.02. The van der Waals surface area contributed by atoms with Crippen LogP contribution in [0.1, 0.15) is 26.2 Å². The Bertz CT molecular complexity index is 135. The average Bonchev–Trinajstić information content (AvgIpc) is 2.56. The van der Waals surface area contributed by atoms with Crippen LogP contribution in [-0.2, 0) is 4.74 Å². The molecule has 2 N–H and O–H groups in total. The molecule has 0 spiro atoms. The first kappa shape index (κ1) is 11.0. The van der Waals surface area contributed by atoms with Crippen molar-refractivity contribution in [1.82, 2.24) is 4.90 Å². The molecular formula is C10H22N2O. The zero-order valence-corrected chi connectivity index (χ0v) is 8.83. The molecule has 0 aromatic rings. The van der Waals surface area contributed by atoms with Crippen molar-refractivity contribution in [2.24, 2.45) is 5.73 Å². The third kappa shape index (κ3) is 4.07. The third-order valence-corrected chi connectivity index (χ3v) is 2.61. The predicted octanol–water partition coefficient (Wildman–Crippen LogP) is 0.834. The molecule has 2 unspecified atom stereocenters. The number of hydrogen-bond acceptors (Lipinski definition) is 3. The van der Waals surface area contributed by atoms with Crippen LogP contribution in [0.3, 0.4) is 0 Å². The van der Waals surface area contributed by atoms with Crippen molar-refractivity contribution in [2.45, 2.75) is 38.3 Å². The number of likely N-dealkylation sites (N-methyl/N-ethyl adjacent to an activating group) is 1. The lowest BCUT2D eigenvalue weighted by Crippen LogP contribution is -2.38. The highest BCUT2D eigenvalue weighted by Crippen LogP contribution is 2.12. The smallest absolute Gasteiger partial charge is 0.0702 e. The van der Waals surface area contributed by atoms with Crippen LogP contribution < -0.4 is 5.73 Å². The lowest BCUT2D eigenvalue weighted by molar-refractivity contribution is 0.0795. The molecule has 78 valence electrons. The van der Waals surface area contributed by atoms with Gasteiger partial charge in [0, 0.05) is 25.7 Å². The van der Waals surface area contributed by atoms with E-state index in [9.17, 15) is 0 Å². The fraction of sp³-hybridized carbons (Fsp3) is 1.00. The zero-order valence-electron chi connectivity index (χ0n) is 8.83. The lowest BCUT2D eigenvalue weighted by Gasteiger charge is -2.23. The van der Waals surface area contributed by atoms with E-state index in [1.54, 1.807) is 0 Å².